The van der Waals surface area contributed by atoms with Crippen LogP contribution < -0.4 is 5.84 Å². The fourth-order valence-electron chi connectivity index (χ4n) is 5.67. The van der Waals surface area contributed by atoms with E-state index >= 15 is 0 Å². The zero-order valence-corrected chi connectivity index (χ0v) is 24.7. The summed E-state index contributed by atoms with van der Waals surface area (Å²) < 4.78 is 5.43. The van der Waals surface area contributed by atoms with Gasteiger partial charge in [0.25, 0.3) is 0 Å². The highest BCUT2D eigenvalue weighted by atomic mass is 16.6. The van der Waals surface area contributed by atoms with Crippen LogP contribution in [-0.4, -0.2) is 82.3 Å². The van der Waals surface area contributed by atoms with Crippen LogP contribution in [0.1, 0.15) is 76.7 Å². The van der Waals surface area contributed by atoms with Crippen molar-refractivity contribution in [2.75, 3.05) is 32.7 Å². The van der Waals surface area contributed by atoms with Crippen LogP contribution in [0.25, 0.3) is 0 Å². The van der Waals surface area contributed by atoms with Gasteiger partial charge in [-0.05, 0) is 50.0 Å². The number of nitrogens with zero attached hydrogens (tertiary/aromatic N) is 3. The molecule has 2 aliphatic rings. The Morgan fingerprint density at radius 3 is 2.38 bits per heavy atom. The van der Waals surface area contributed by atoms with Crippen LogP contribution in [-0.2, 0) is 30.5 Å². The average Bonchev–Trinajstić information content (AvgIpc) is 3.01. The van der Waals surface area contributed by atoms with Crippen molar-refractivity contribution in [3.05, 3.63) is 35.9 Å². The first-order valence-corrected chi connectivity index (χ1v) is 15.2. The summed E-state index contributed by atoms with van der Waals surface area (Å²) in [4.78, 5) is 66.0. The van der Waals surface area contributed by atoms with Crippen molar-refractivity contribution < 1.29 is 33.8 Å². The number of likely N-dealkylation sites (tertiary alicyclic amines) is 2. The summed E-state index contributed by atoms with van der Waals surface area (Å²) in [7, 11) is 0. The first-order chi connectivity index (χ1) is 20.2. The van der Waals surface area contributed by atoms with Crippen molar-refractivity contribution in [2.24, 2.45) is 23.6 Å². The largest absolute Gasteiger partial charge is 0.481 e. The van der Waals surface area contributed by atoms with E-state index < -0.39 is 29.5 Å². The molecule has 232 valence electrons. The first kappa shape index (κ1) is 33.0. The van der Waals surface area contributed by atoms with Crippen LogP contribution in [0, 0.1) is 17.8 Å². The van der Waals surface area contributed by atoms with Gasteiger partial charge in [-0.15, -0.1) is 0 Å². The number of carbonyl (C=O) groups excluding carboxylic acids is 4. The number of rotatable bonds is 14. The highest BCUT2D eigenvalue weighted by Crippen LogP contribution is 2.25. The van der Waals surface area contributed by atoms with Crippen molar-refractivity contribution in [3.63, 3.8) is 0 Å². The van der Waals surface area contributed by atoms with Crippen molar-refractivity contribution in [3.8, 4) is 0 Å². The van der Waals surface area contributed by atoms with Crippen molar-refractivity contribution in [1.82, 2.24) is 14.8 Å². The van der Waals surface area contributed by atoms with E-state index in [-0.39, 0.29) is 38.1 Å². The van der Waals surface area contributed by atoms with Gasteiger partial charge in [0, 0.05) is 39.0 Å². The molecule has 42 heavy (non-hydrogen) atoms. The molecule has 1 aromatic carbocycles. The van der Waals surface area contributed by atoms with Gasteiger partial charge in [0.2, 0.25) is 11.8 Å². The fourth-order valence-corrected chi connectivity index (χ4v) is 5.67. The lowest BCUT2D eigenvalue weighted by molar-refractivity contribution is -0.149. The Kier molecular flexibility index (Phi) is 13.2. The molecule has 3 rings (SSSR count). The zero-order chi connectivity index (χ0) is 30.5. The number of hydrogen-bond acceptors (Lipinski definition) is 7. The van der Waals surface area contributed by atoms with Crippen LogP contribution in [0.15, 0.2) is 30.3 Å². The summed E-state index contributed by atoms with van der Waals surface area (Å²) >= 11 is 0. The fraction of sp³-hybridized carbons (Fsp3) is 0.645. The number of carboxylic acid groups (broad SMARTS) is 1. The molecular weight excluding hydrogens is 540 g/mol. The number of ketones is 1. The molecule has 0 aromatic heterocycles. The summed E-state index contributed by atoms with van der Waals surface area (Å²) in [5.41, 5.74) is 0.942. The van der Waals surface area contributed by atoms with Gasteiger partial charge in [0.15, 0.2) is 0 Å². The third-order valence-corrected chi connectivity index (χ3v) is 8.34. The standard InChI is InChI=1S/C31H46N4O7/c1-2-3-5-12-27(36)26(30(39)40)21-35(32)29(38)25-11-8-17-34(20-25)28(37)14-13-23-15-18-33(19-16-23)31(41)42-22-24-9-6-4-7-10-24/h4,6-7,9-10,23,25-26H,2-3,5,8,11-22,32H2,1H3,(H,39,40)/t25-,26+/m1/s1. The molecule has 2 aliphatic heterocycles. The molecule has 0 radical (unpaired) electrons. The Morgan fingerprint density at radius 1 is 1.00 bits per heavy atom. The Bertz CT molecular complexity index is 1060. The summed E-state index contributed by atoms with van der Waals surface area (Å²) in [6, 6.07) is 9.55. The average molecular weight is 587 g/mol. The van der Waals surface area contributed by atoms with Crippen molar-refractivity contribution in [2.45, 2.75) is 77.7 Å². The maximum Gasteiger partial charge on any atom is 0.410 e. The second-order valence-electron chi connectivity index (χ2n) is 11.5. The van der Waals surface area contributed by atoms with E-state index in [0.717, 1.165) is 36.3 Å². The summed E-state index contributed by atoms with van der Waals surface area (Å²) in [5.74, 6) is 2.26. The molecule has 3 amide bonds. The molecule has 3 N–H and O–H groups in total. The molecule has 2 atom stereocenters. The first-order valence-electron chi connectivity index (χ1n) is 15.2. The summed E-state index contributed by atoms with van der Waals surface area (Å²) in [6.07, 6.45) is 6.07. The number of hydrogen-bond donors (Lipinski definition) is 2. The van der Waals surface area contributed by atoms with E-state index in [1.165, 1.54) is 0 Å². The van der Waals surface area contributed by atoms with E-state index in [1.807, 2.05) is 37.3 Å². The second kappa shape index (κ2) is 16.8. The number of unbranched alkanes of at least 4 members (excludes halogenated alkanes) is 2. The van der Waals surface area contributed by atoms with Gasteiger partial charge in [0.1, 0.15) is 18.3 Å². The zero-order valence-electron chi connectivity index (χ0n) is 24.7. The number of piperidine rings is 2. The SMILES string of the molecule is CCCCCC(=O)[C@H](CN(N)C(=O)[C@@H]1CCCN(C(=O)CCC2CCN(C(=O)OCc3ccccc3)CC2)C1)C(=O)O. The maximum atomic E-state index is 13.0. The van der Waals surface area contributed by atoms with Gasteiger partial charge in [-0.3, -0.25) is 24.2 Å². The number of ether oxygens (including phenoxy) is 1. The number of hydrazine groups is 1. The second-order valence-corrected chi connectivity index (χ2v) is 11.5. The molecule has 11 heteroatoms. The Hall–Kier alpha value is -3.47. The molecule has 2 fully saturated rings. The van der Waals surface area contributed by atoms with Crippen LogP contribution in [0.4, 0.5) is 4.79 Å². The number of nitrogens with two attached hydrogens (primary N) is 1. The molecule has 0 unspecified atom stereocenters. The highest BCUT2D eigenvalue weighted by Gasteiger charge is 2.34. The minimum Gasteiger partial charge on any atom is -0.481 e. The molecule has 11 nitrogen and oxygen atoms in total. The maximum absolute atomic E-state index is 13.0. The van der Waals surface area contributed by atoms with E-state index in [2.05, 4.69) is 0 Å². The molecule has 2 heterocycles. The lowest BCUT2D eigenvalue weighted by Gasteiger charge is -2.35. The van der Waals surface area contributed by atoms with Crippen LogP contribution >= 0.6 is 0 Å². The third-order valence-electron chi connectivity index (χ3n) is 8.34. The summed E-state index contributed by atoms with van der Waals surface area (Å²) in [6.45, 7) is 3.85. The predicted molar refractivity (Wildman–Crippen MR) is 156 cm³/mol. The molecule has 0 bridgehead atoms. The minimum atomic E-state index is -1.35. The van der Waals surface area contributed by atoms with Gasteiger partial charge in [0.05, 0.1) is 12.5 Å². The highest BCUT2D eigenvalue weighted by molar-refractivity contribution is 5.99. The number of Topliss-reactive ketones (excluding diaryl/α,β-unsaturated/α-hetero) is 1. The number of carbonyl (C=O) groups is 5. The number of aliphatic carboxylic acids is 1. The lowest BCUT2D eigenvalue weighted by Crippen LogP contribution is -2.51. The number of benzene rings is 1. The van der Waals surface area contributed by atoms with E-state index in [9.17, 15) is 29.1 Å². The predicted octanol–water partition coefficient (Wildman–Crippen LogP) is 3.61. The van der Waals surface area contributed by atoms with Gasteiger partial charge in [-0.1, -0.05) is 50.1 Å². The Morgan fingerprint density at radius 2 is 1.71 bits per heavy atom. The molecule has 0 saturated carbocycles. The molecule has 1 aromatic rings. The van der Waals surface area contributed by atoms with Crippen molar-refractivity contribution >= 4 is 29.7 Å². The Labute approximate surface area is 248 Å². The molecule has 0 spiro atoms. The number of carboxylic acids is 1. The topological polar surface area (TPSA) is 151 Å². The third kappa shape index (κ3) is 10.1. The van der Waals surface area contributed by atoms with Crippen LogP contribution in [0.3, 0.4) is 0 Å². The van der Waals surface area contributed by atoms with Gasteiger partial charge in [-0.2, -0.15) is 0 Å². The van der Waals surface area contributed by atoms with Gasteiger partial charge >= 0.3 is 12.1 Å². The van der Waals surface area contributed by atoms with Crippen molar-refractivity contribution in [1.29, 1.82) is 0 Å². The lowest BCUT2D eigenvalue weighted by atomic mass is 9.91. The van der Waals surface area contributed by atoms with Crippen LogP contribution in [0.2, 0.25) is 0 Å². The van der Waals surface area contributed by atoms with Gasteiger partial charge < -0.3 is 19.6 Å². The monoisotopic (exact) mass is 586 g/mol. The normalized spacial score (nSPS) is 18.3. The quantitative estimate of drug-likeness (QED) is 0.110. The van der Waals surface area contributed by atoms with Gasteiger partial charge in [-0.25, -0.2) is 10.6 Å². The summed E-state index contributed by atoms with van der Waals surface area (Å²) in [5, 5.41) is 10.4. The molecular formula is C31H46N4O7. The number of amides is 3. The van der Waals surface area contributed by atoms with E-state index in [4.69, 9.17) is 10.6 Å². The smallest absolute Gasteiger partial charge is 0.410 e. The minimum absolute atomic E-state index is 0.0183. The van der Waals surface area contributed by atoms with E-state index in [1.54, 1.807) is 9.80 Å². The van der Waals surface area contributed by atoms with E-state index in [0.29, 0.717) is 57.7 Å². The van der Waals surface area contributed by atoms with Crippen LogP contribution in [0.5, 0.6) is 0 Å². The molecule has 2 saturated heterocycles. The Balaban J connectivity index is 1.39. The molecule has 0 aliphatic carbocycles.